The number of nitrogens with zero attached hydrogens (tertiary/aromatic N) is 1. The number of hydrogen-bond acceptors (Lipinski definition) is 3. The van der Waals surface area contributed by atoms with E-state index in [1.807, 2.05) is 30.3 Å². The van der Waals surface area contributed by atoms with Crippen molar-refractivity contribution in [1.82, 2.24) is 4.90 Å². The minimum absolute atomic E-state index is 0.0908. The summed E-state index contributed by atoms with van der Waals surface area (Å²) in [5.41, 5.74) is 1.26. The molecule has 2 saturated heterocycles. The second kappa shape index (κ2) is 7.08. The number of esters is 1. The van der Waals surface area contributed by atoms with Crippen LogP contribution in [0.15, 0.2) is 54.6 Å². The fourth-order valence-corrected chi connectivity index (χ4v) is 4.87. The third-order valence-corrected chi connectivity index (χ3v) is 6.52. The van der Waals surface area contributed by atoms with Gasteiger partial charge >= 0.3 is 5.97 Å². The number of carbonyl (C=O) groups is 1. The highest BCUT2D eigenvalue weighted by atomic mass is 123. The molecule has 0 spiro atoms. The van der Waals surface area contributed by atoms with E-state index in [1.165, 1.54) is 15.6 Å². The highest BCUT2D eigenvalue weighted by Gasteiger charge is 2.49. The second-order valence-electron chi connectivity index (χ2n) is 7.12. The van der Waals surface area contributed by atoms with Crippen LogP contribution in [0.25, 0.3) is 0 Å². The third-order valence-electron chi connectivity index (χ3n) is 5.80. The smallest absolute Gasteiger partial charge is 0.316 e. The molecule has 4 heteroatoms. The summed E-state index contributed by atoms with van der Waals surface area (Å²) in [7, 11) is 2.16. The fraction of sp³-hybridized carbons (Fsp3) is 0.381. The third kappa shape index (κ3) is 3.34. The van der Waals surface area contributed by atoms with Crippen molar-refractivity contribution in [2.45, 2.75) is 37.3 Å². The zero-order valence-electron chi connectivity index (χ0n) is 14.3. The second-order valence-corrected chi connectivity index (χ2v) is 8.36. The summed E-state index contributed by atoms with van der Waals surface area (Å²) < 4.78 is 6.98. The van der Waals surface area contributed by atoms with E-state index in [1.54, 1.807) is 0 Å². The summed E-state index contributed by atoms with van der Waals surface area (Å²) in [6.07, 6.45) is 3.29. The van der Waals surface area contributed by atoms with E-state index in [2.05, 4.69) is 58.8 Å². The van der Waals surface area contributed by atoms with E-state index in [0.717, 1.165) is 12.8 Å². The minimum Gasteiger partial charge on any atom is -0.426 e. The number of ether oxygens (including phenoxy) is 1. The first-order chi connectivity index (χ1) is 12.1. The zero-order valence-corrected chi connectivity index (χ0v) is 16.4. The van der Waals surface area contributed by atoms with Crippen molar-refractivity contribution in [3.8, 4) is 5.75 Å². The molecule has 0 radical (unpaired) electrons. The molecule has 0 unspecified atom stereocenters. The van der Waals surface area contributed by atoms with Gasteiger partial charge in [0.15, 0.2) is 0 Å². The molecular formula is C21H22INO2. The number of fused-ring (bicyclic) bond motifs is 2. The summed E-state index contributed by atoms with van der Waals surface area (Å²) in [6, 6.07) is 18.9. The predicted molar refractivity (Wildman–Crippen MR) is 107 cm³/mol. The van der Waals surface area contributed by atoms with Crippen molar-refractivity contribution < 1.29 is 9.53 Å². The Balaban J connectivity index is 1.64. The van der Waals surface area contributed by atoms with Crippen LogP contribution in [0.1, 0.15) is 30.7 Å². The van der Waals surface area contributed by atoms with Crippen LogP contribution in [-0.2, 0) is 4.79 Å². The number of benzene rings is 2. The van der Waals surface area contributed by atoms with Crippen LogP contribution < -0.4 is 4.74 Å². The van der Waals surface area contributed by atoms with Gasteiger partial charge in [-0.3, -0.25) is 9.69 Å². The van der Waals surface area contributed by atoms with E-state index in [4.69, 9.17) is 4.74 Å². The first-order valence-electron chi connectivity index (χ1n) is 8.87. The van der Waals surface area contributed by atoms with Crippen LogP contribution in [0.4, 0.5) is 0 Å². The van der Waals surface area contributed by atoms with E-state index < -0.39 is 0 Å². The molecule has 2 aromatic carbocycles. The van der Waals surface area contributed by atoms with Crippen molar-refractivity contribution in [2.75, 3.05) is 7.05 Å². The monoisotopic (exact) mass is 443 g/mol. The molecular weight excluding hydrogens is 421 g/mol. The maximum atomic E-state index is 13.1. The van der Waals surface area contributed by atoms with Gasteiger partial charge in [-0.2, -0.15) is 0 Å². The summed E-state index contributed by atoms with van der Waals surface area (Å²) in [4.78, 5) is 15.5. The maximum absolute atomic E-state index is 13.1. The molecule has 2 fully saturated rings. The number of carbonyl (C=O) groups excluding carboxylic acids is 1. The average Bonchev–Trinajstić information content (AvgIpc) is 2.86. The number of para-hydroxylation sites is 1. The Morgan fingerprint density at radius 2 is 1.80 bits per heavy atom. The fourth-order valence-electron chi connectivity index (χ4n) is 4.51. The van der Waals surface area contributed by atoms with Crippen molar-refractivity contribution >= 4 is 28.6 Å². The van der Waals surface area contributed by atoms with Gasteiger partial charge in [-0.25, -0.2) is 0 Å². The van der Waals surface area contributed by atoms with Crippen LogP contribution >= 0.6 is 22.6 Å². The van der Waals surface area contributed by atoms with Gasteiger partial charge in [-0.05, 0) is 78.7 Å². The van der Waals surface area contributed by atoms with E-state index in [0.29, 0.717) is 11.8 Å². The number of rotatable bonds is 3. The predicted octanol–water partition coefficient (Wildman–Crippen LogP) is 4.46. The summed E-state index contributed by atoms with van der Waals surface area (Å²) >= 11 is 2.32. The molecule has 0 aliphatic carbocycles. The molecule has 4 rings (SSSR count). The molecule has 4 atom stereocenters. The van der Waals surface area contributed by atoms with Crippen LogP contribution in [-0.4, -0.2) is 30.0 Å². The van der Waals surface area contributed by atoms with Crippen molar-refractivity contribution in [3.63, 3.8) is 0 Å². The molecule has 2 aliphatic rings. The van der Waals surface area contributed by atoms with E-state index in [9.17, 15) is 4.79 Å². The lowest BCUT2D eigenvalue weighted by molar-refractivity contribution is -0.143. The van der Waals surface area contributed by atoms with Gasteiger partial charge in [0.05, 0.1) is 5.92 Å². The lowest BCUT2D eigenvalue weighted by Crippen LogP contribution is -2.49. The molecule has 0 amide bonds. The van der Waals surface area contributed by atoms with Gasteiger partial charge in [0.1, 0.15) is 5.75 Å². The van der Waals surface area contributed by atoms with E-state index in [-0.39, 0.29) is 23.8 Å². The van der Waals surface area contributed by atoms with Gasteiger partial charge in [0, 0.05) is 21.6 Å². The zero-order chi connectivity index (χ0) is 17.4. The highest BCUT2D eigenvalue weighted by Crippen LogP contribution is 2.46. The molecule has 2 aliphatic heterocycles. The topological polar surface area (TPSA) is 29.5 Å². The first kappa shape index (κ1) is 17.0. The largest absolute Gasteiger partial charge is 0.426 e. The quantitative estimate of drug-likeness (QED) is 0.399. The number of halogens is 1. The SMILES string of the molecule is CN1[C@H]2CC[C@@H]1[C@@H](C(=O)Oc1ccccc1)[C@@H](c1ccc([123I])cc1)C2. The summed E-state index contributed by atoms with van der Waals surface area (Å²) in [5.74, 6) is 0.675. The van der Waals surface area contributed by atoms with Gasteiger partial charge < -0.3 is 4.74 Å². The Morgan fingerprint density at radius 3 is 2.52 bits per heavy atom. The van der Waals surface area contributed by atoms with Gasteiger partial charge in [-0.1, -0.05) is 30.3 Å². The van der Waals surface area contributed by atoms with Crippen LogP contribution in [0.2, 0.25) is 0 Å². The van der Waals surface area contributed by atoms with Crippen molar-refractivity contribution in [3.05, 3.63) is 63.7 Å². The van der Waals surface area contributed by atoms with Crippen LogP contribution in [0.5, 0.6) is 5.75 Å². The lowest BCUT2D eigenvalue weighted by atomic mass is 9.76. The Bertz CT molecular complexity index is 746. The van der Waals surface area contributed by atoms with Gasteiger partial charge in [-0.15, -0.1) is 0 Å². The Morgan fingerprint density at radius 1 is 1.08 bits per heavy atom. The normalized spacial score (nSPS) is 28.7. The molecule has 2 aromatic rings. The Labute approximate surface area is 162 Å². The summed E-state index contributed by atoms with van der Waals surface area (Å²) in [6.45, 7) is 0. The molecule has 2 bridgehead atoms. The molecule has 0 saturated carbocycles. The van der Waals surface area contributed by atoms with Crippen LogP contribution in [0, 0.1) is 9.49 Å². The molecule has 130 valence electrons. The van der Waals surface area contributed by atoms with Crippen molar-refractivity contribution in [1.29, 1.82) is 0 Å². The maximum Gasteiger partial charge on any atom is 0.316 e. The average molecular weight is 443 g/mol. The Kier molecular flexibility index (Phi) is 4.82. The van der Waals surface area contributed by atoms with Gasteiger partial charge in [0.2, 0.25) is 0 Å². The molecule has 0 aromatic heterocycles. The Hall–Kier alpha value is -1.40. The number of hydrogen-bond donors (Lipinski definition) is 0. The highest BCUT2D eigenvalue weighted by molar-refractivity contribution is 14.1. The minimum atomic E-state index is -0.107. The first-order valence-corrected chi connectivity index (χ1v) is 9.95. The molecule has 25 heavy (non-hydrogen) atoms. The molecule has 0 N–H and O–H groups in total. The number of piperidine rings is 1. The standard InChI is InChI=1S/C21H22INO2/c1-23-16-11-12-19(23)20(21(24)25-17-5-3-2-4-6-17)18(13-16)14-7-9-15(22)10-8-14/h2-10,16,18-20H,11-13H2,1H3/t16-,18+,19+,20-/m0/s1/i22-4. The lowest BCUT2D eigenvalue weighted by Gasteiger charge is -2.41. The summed E-state index contributed by atoms with van der Waals surface area (Å²) in [5, 5.41) is 0. The van der Waals surface area contributed by atoms with Crippen LogP contribution in [0.3, 0.4) is 0 Å². The molecule has 3 nitrogen and oxygen atoms in total. The van der Waals surface area contributed by atoms with E-state index >= 15 is 0 Å². The van der Waals surface area contributed by atoms with Gasteiger partial charge in [0.25, 0.3) is 0 Å². The van der Waals surface area contributed by atoms with Crippen molar-refractivity contribution in [2.24, 2.45) is 5.92 Å². The molecule has 2 heterocycles.